The molecule has 9 heteroatoms. The Balaban J connectivity index is 2.42. The maximum absolute atomic E-state index is 12.1. The number of alkyl carbamates (subject to hydrolysis) is 1. The molecule has 1 aromatic rings. The first-order chi connectivity index (χ1) is 12.0. The highest BCUT2D eigenvalue weighted by molar-refractivity contribution is 6.39. The van der Waals surface area contributed by atoms with Gasteiger partial charge in [-0.15, -0.1) is 0 Å². The van der Waals surface area contributed by atoms with Gasteiger partial charge in [-0.1, -0.05) is 29.3 Å². The molecule has 2 N–H and O–H groups in total. The second-order valence-electron chi connectivity index (χ2n) is 6.57. The number of rotatable bonds is 6. The zero-order chi connectivity index (χ0) is 19.9. The summed E-state index contributed by atoms with van der Waals surface area (Å²) in [4.78, 5) is 36.8. The first-order valence-corrected chi connectivity index (χ1v) is 8.70. The number of carbonyl (C=O) groups excluding carboxylic acids is 3. The molecule has 0 aliphatic rings. The predicted octanol–water partition coefficient (Wildman–Crippen LogP) is 3.31. The summed E-state index contributed by atoms with van der Waals surface area (Å²) in [7, 11) is 1.49. The highest BCUT2D eigenvalue weighted by Gasteiger charge is 2.18. The minimum atomic E-state index is -0.608. The van der Waals surface area contributed by atoms with Crippen molar-refractivity contribution in [3.05, 3.63) is 28.2 Å². The topological polar surface area (TPSA) is 87.7 Å². The summed E-state index contributed by atoms with van der Waals surface area (Å²) in [5.41, 5.74) is -0.309. The van der Waals surface area contributed by atoms with E-state index in [1.807, 2.05) is 0 Å². The molecular weight excluding hydrogens is 381 g/mol. The highest BCUT2D eigenvalue weighted by atomic mass is 35.5. The minimum absolute atomic E-state index is 0.0376. The van der Waals surface area contributed by atoms with Gasteiger partial charge in [0, 0.05) is 20.0 Å². The Morgan fingerprint density at radius 1 is 1.15 bits per heavy atom. The number of nitrogens with zero attached hydrogens (tertiary/aromatic N) is 1. The lowest BCUT2D eigenvalue weighted by Crippen LogP contribution is -2.38. The Morgan fingerprint density at radius 3 is 2.27 bits per heavy atom. The van der Waals surface area contributed by atoms with Gasteiger partial charge >= 0.3 is 6.09 Å². The van der Waals surface area contributed by atoms with Gasteiger partial charge in [0.1, 0.15) is 5.60 Å². The third-order valence-electron chi connectivity index (χ3n) is 3.04. The number of amides is 3. The number of ether oxygens (including phenoxy) is 1. The molecule has 1 aromatic carbocycles. The van der Waals surface area contributed by atoms with Gasteiger partial charge in [0.25, 0.3) is 0 Å². The third kappa shape index (κ3) is 7.93. The monoisotopic (exact) mass is 403 g/mol. The zero-order valence-electron chi connectivity index (χ0n) is 15.2. The number of benzene rings is 1. The summed E-state index contributed by atoms with van der Waals surface area (Å²) in [6, 6.07) is 4.86. The lowest BCUT2D eigenvalue weighted by atomic mass is 10.2. The lowest BCUT2D eigenvalue weighted by Gasteiger charge is -2.20. The third-order valence-corrected chi connectivity index (χ3v) is 3.67. The smallest absolute Gasteiger partial charge is 0.407 e. The largest absolute Gasteiger partial charge is 0.444 e. The van der Waals surface area contributed by atoms with Crippen molar-refractivity contribution in [3.8, 4) is 0 Å². The van der Waals surface area contributed by atoms with Crippen LogP contribution in [0.5, 0.6) is 0 Å². The number of hydrogen-bond donors (Lipinski definition) is 2. The number of hydrogen-bond acceptors (Lipinski definition) is 4. The van der Waals surface area contributed by atoms with E-state index in [2.05, 4.69) is 10.6 Å². The number of carbonyl (C=O) groups is 3. The maximum Gasteiger partial charge on any atom is 0.407 e. The van der Waals surface area contributed by atoms with Crippen LogP contribution in [0, 0.1) is 0 Å². The van der Waals surface area contributed by atoms with Gasteiger partial charge in [0.05, 0.1) is 22.3 Å². The summed E-state index contributed by atoms with van der Waals surface area (Å²) in [6.45, 7) is 5.17. The van der Waals surface area contributed by atoms with E-state index >= 15 is 0 Å². The van der Waals surface area contributed by atoms with Crippen molar-refractivity contribution in [2.75, 3.05) is 25.5 Å². The second-order valence-corrected chi connectivity index (χ2v) is 7.39. The van der Waals surface area contributed by atoms with Crippen molar-refractivity contribution in [2.45, 2.75) is 32.8 Å². The van der Waals surface area contributed by atoms with Crippen LogP contribution in [-0.2, 0) is 14.3 Å². The molecule has 0 saturated carbocycles. The summed E-state index contributed by atoms with van der Waals surface area (Å²) >= 11 is 12.0. The molecule has 3 amide bonds. The molecule has 0 unspecified atom stereocenters. The van der Waals surface area contributed by atoms with E-state index in [1.165, 1.54) is 11.9 Å². The van der Waals surface area contributed by atoms with Gasteiger partial charge in [0.2, 0.25) is 11.8 Å². The molecule has 0 aliphatic heterocycles. The van der Waals surface area contributed by atoms with Gasteiger partial charge in [-0.3, -0.25) is 9.59 Å². The van der Waals surface area contributed by atoms with Crippen LogP contribution in [0.25, 0.3) is 0 Å². The number of anilines is 1. The molecule has 0 radical (unpaired) electrons. The van der Waals surface area contributed by atoms with Crippen molar-refractivity contribution in [3.63, 3.8) is 0 Å². The molecule has 0 bridgehead atoms. The van der Waals surface area contributed by atoms with E-state index in [0.29, 0.717) is 15.7 Å². The number of likely N-dealkylation sites (N-methyl/N-ethyl adjacent to an activating group) is 1. The minimum Gasteiger partial charge on any atom is -0.444 e. The van der Waals surface area contributed by atoms with E-state index in [4.69, 9.17) is 27.9 Å². The highest BCUT2D eigenvalue weighted by Crippen LogP contribution is 2.29. The van der Waals surface area contributed by atoms with Crippen LogP contribution in [0.15, 0.2) is 18.2 Å². The van der Waals surface area contributed by atoms with Gasteiger partial charge in [-0.2, -0.15) is 0 Å². The number of halogens is 2. The van der Waals surface area contributed by atoms with Crippen LogP contribution in [-0.4, -0.2) is 48.5 Å². The lowest BCUT2D eigenvalue weighted by molar-refractivity contribution is -0.133. The van der Waals surface area contributed by atoms with Gasteiger partial charge in [-0.25, -0.2) is 4.79 Å². The molecule has 0 atom stereocenters. The summed E-state index contributed by atoms with van der Waals surface area (Å²) in [5.74, 6) is -0.739. The molecule has 1 rings (SSSR count). The molecule has 0 spiro atoms. The van der Waals surface area contributed by atoms with Crippen molar-refractivity contribution in [1.82, 2.24) is 10.2 Å². The Bertz CT molecular complexity index is 654. The normalized spacial score (nSPS) is 10.8. The Labute approximate surface area is 163 Å². The Morgan fingerprint density at radius 2 is 1.73 bits per heavy atom. The van der Waals surface area contributed by atoms with Crippen LogP contribution in [0.4, 0.5) is 10.5 Å². The maximum atomic E-state index is 12.1. The summed E-state index contributed by atoms with van der Waals surface area (Å²) < 4.78 is 5.07. The van der Waals surface area contributed by atoms with Crippen LogP contribution in [0.1, 0.15) is 27.2 Å². The van der Waals surface area contributed by atoms with Crippen LogP contribution >= 0.6 is 23.2 Å². The quantitative estimate of drug-likeness (QED) is 0.762. The molecule has 7 nitrogen and oxygen atoms in total. The molecule has 0 saturated heterocycles. The second kappa shape index (κ2) is 9.64. The Kier molecular flexibility index (Phi) is 8.17. The van der Waals surface area contributed by atoms with E-state index < -0.39 is 17.6 Å². The number of nitrogens with one attached hydrogen (secondary N) is 2. The molecule has 26 heavy (non-hydrogen) atoms. The van der Waals surface area contributed by atoms with Gasteiger partial charge in [0.15, 0.2) is 0 Å². The fourth-order valence-corrected chi connectivity index (χ4v) is 2.37. The van der Waals surface area contributed by atoms with Gasteiger partial charge in [-0.05, 0) is 32.9 Å². The number of para-hydroxylation sites is 1. The Hall–Kier alpha value is -1.99. The van der Waals surface area contributed by atoms with Gasteiger partial charge < -0.3 is 20.3 Å². The summed E-state index contributed by atoms with van der Waals surface area (Å²) in [6.07, 6.45) is -0.561. The first-order valence-electron chi connectivity index (χ1n) is 7.94. The first kappa shape index (κ1) is 22.1. The molecule has 0 heterocycles. The molecule has 0 aromatic heterocycles. The van der Waals surface area contributed by atoms with Crippen molar-refractivity contribution in [1.29, 1.82) is 0 Å². The van der Waals surface area contributed by atoms with E-state index in [1.54, 1.807) is 39.0 Å². The SMILES string of the molecule is CN(CC(=O)Nc1c(Cl)cccc1Cl)C(=O)CCNC(=O)OC(C)(C)C. The average Bonchev–Trinajstić information content (AvgIpc) is 2.49. The van der Waals surface area contributed by atoms with E-state index in [-0.39, 0.29) is 25.4 Å². The van der Waals surface area contributed by atoms with Crippen LogP contribution in [0.2, 0.25) is 10.0 Å². The standard InChI is InChI=1S/C17H23Cl2N3O4/c1-17(2,3)26-16(25)20-9-8-14(24)22(4)10-13(23)21-15-11(18)6-5-7-12(15)19/h5-7H,8-10H2,1-4H3,(H,20,25)(H,21,23). The van der Waals surface area contributed by atoms with Crippen molar-refractivity contribution in [2.24, 2.45) is 0 Å². The van der Waals surface area contributed by atoms with Crippen molar-refractivity contribution >= 4 is 46.8 Å². The van der Waals surface area contributed by atoms with Crippen LogP contribution < -0.4 is 10.6 Å². The molecular formula is C17H23Cl2N3O4. The zero-order valence-corrected chi connectivity index (χ0v) is 16.7. The van der Waals surface area contributed by atoms with Crippen molar-refractivity contribution < 1.29 is 19.1 Å². The molecule has 0 fully saturated rings. The summed E-state index contributed by atoms with van der Waals surface area (Å²) in [5, 5.41) is 5.68. The fourth-order valence-electron chi connectivity index (χ4n) is 1.88. The predicted molar refractivity (Wildman–Crippen MR) is 102 cm³/mol. The average molecular weight is 404 g/mol. The molecule has 144 valence electrons. The van der Waals surface area contributed by atoms with E-state index in [0.717, 1.165) is 0 Å². The molecule has 0 aliphatic carbocycles. The van der Waals surface area contributed by atoms with Crippen LogP contribution in [0.3, 0.4) is 0 Å². The fraction of sp³-hybridized carbons (Fsp3) is 0.471. The van der Waals surface area contributed by atoms with E-state index in [9.17, 15) is 14.4 Å².